The van der Waals surface area contributed by atoms with E-state index in [1.165, 1.54) is 18.4 Å². The number of aromatic nitrogens is 1. The summed E-state index contributed by atoms with van der Waals surface area (Å²) >= 11 is 1.46. The molecule has 1 amide bonds. The van der Waals surface area contributed by atoms with Crippen LogP contribution >= 0.6 is 11.3 Å². The minimum Gasteiger partial charge on any atom is -0.468 e. The molecule has 7 nitrogen and oxygen atoms in total. The van der Waals surface area contributed by atoms with Crippen LogP contribution in [0.4, 0.5) is 5.69 Å². The van der Waals surface area contributed by atoms with Gasteiger partial charge in [-0.2, -0.15) is 0 Å². The first kappa shape index (κ1) is 21.4. The van der Waals surface area contributed by atoms with Crippen molar-refractivity contribution in [1.82, 2.24) is 9.88 Å². The van der Waals surface area contributed by atoms with Crippen molar-refractivity contribution in [1.29, 1.82) is 0 Å². The number of hydrogen-bond donors (Lipinski definition) is 1. The zero-order valence-corrected chi connectivity index (χ0v) is 17.7. The Morgan fingerprint density at radius 3 is 2.69 bits per heavy atom. The summed E-state index contributed by atoms with van der Waals surface area (Å²) in [6.45, 7) is 4.18. The molecule has 1 fully saturated rings. The van der Waals surface area contributed by atoms with Crippen LogP contribution < -0.4 is 5.32 Å². The van der Waals surface area contributed by atoms with Crippen molar-refractivity contribution in [3.63, 3.8) is 0 Å². The molecule has 1 aliphatic heterocycles. The third-order valence-electron chi connectivity index (χ3n) is 4.88. The highest BCUT2D eigenvalue weighted by atomic mass is 32.1. The number of methoxy groups -OCH3 is 1. The number of benzene rings is 1. The van der Waals surface area contributed by atoms with E-state index in [1.807, 2.05) is 36.6 Å². The number of ether oxygens (including phenoxy) is 2. The summed E-state index contributed by atoms with van der Waals surface area (Å²) in [6, 6.07) is 7.96. The van der Waals surface area contributed by atoms with E-state index < -0.39 is 0 Å². The zero-order valence-electron chi connectivity index (χ0n) is 16.8. The Balaban J connectivity index is 1.58. The number of carbonyl (C=O) groups is 2. The van der Waals surface area contributed by atoms with Gasteiger partial charge in [0.25, 0.3) is 0 Å². The average Bonchev–Trinajstić information content (AvgIpc) is 3.16. The molecule has 0 radical (unpaired) electrons. The highest BCUT2D eigenvalue weighted by Crippen LogP contribution is 2.19. The van der Waals surface area contributed by atoms with Crippen LogP contribution in [0.2, 0.25) is 0 Å². The smallest absolute Gasteiger partial charge is 0.319 e. The quantitative estimate of drug-likeness (QED) is 0.666. The van der Waals surface area contributed by atoms with Crippen LogP contribution in [-0.2, 0) is 32.0 Å². The molecule has 1 aromatic carbocycles. The number of nitrogens with zero attached hydrogens (tertiary/aromatic N) is 2. The molecule has 1 aromatic heterocycles. The Kier molecular flexibility index (Phi) is 7.74. The molecule has 1 N–H and O–H groups in total. The van der Waals surface area contributed by atoms with Crippen LogP contribution in [0, 0.1) is 6.92 Å². The van der Waals surface area contributed by atoms with E-state index in [0.717, 1.165) is 34.8 Å². The van der Waals surface area contributed by atoms with Crippen molar-refractivity contribution < 1.29 is 19.1 Å². The molecular weight excluding hydrogens is 390 g/mol. The van der Waals surface area contributed by atoms with E-state index in [2.05, 4.69) is 15.2 Å². The van der Waals surface area contributed by atoms with Crippen LogP contribution in [0.25, 0.3) is 0 Å². The van der Waals surface area contributed by atoms with Gasteiger partial charge in [-0.05, 0) is 31.9 Å². The monoisotopic (exact) mass is 417 g/mol. The number of aryl methyl sites for hydroxylation is 1. The molecule has 0 saturated carbocycles. The number of esters is 1. The Labute approximate surface area is 175 Å². The highest BCUT2D eigenvalue weighted by Gasteiger charge is 2.25. The lowest BCUT2D eigenvalue weighted by molar-refractivity contribution is -0.143. The van der Waals surface area contributed by atoms with Gasteiger partial charge in [0.2, 0.25) is 5.91 Å². The Hall–Kier alpha value is -2.29. The van der Waals surface area contributed by atoms with Crippen molar-refractivity contribution >= 4 is 28.9 Å². The van der Waals surface area contributed by atoms with Crippen LogP contribution in [0.3, 0.4) is 0 Å². The minimum absolute atomic E-state index is 0.0920. The Morgan fingerprint density at radius 2 is 2.00 bits per heavy atom. The van der Waals surface area contributed by atoms with E-state index >= 15 is 0 Å². The lowest BCUT2D eigenvalue weighted by Gasteiger charge is -2.32. The second kappa shape index (κ2) is 10.5. The standard InChI is InChI=1S/C21H27N3O4S/c1-15-3-5-16(6-4-15)22-19(25)11-20-23-17(14-29-20)12-24(13-21(26)27-2)18-7-9-28-10-8-18/h3-6,14,18H,7-13H2,1-2H3,(H,22,25). The predicted molar refractivity (Wildman–Crippen MR) is 112 cm³/mol. The lowest BCUT2D eigenvalue weighted by Crippen LogP contribution is -2.42. The highest BCUT2D eigenvalue weighted by molar-refractivity contribution is 7.09. The van der Waals surface area contributed by atoms with Gasteiger partial charge in [-0.1, -0.05) is 17.7 Å². The largest absolute Gasteiger partial charge is 0.468 e. The molecular formula is C21H27N3O4S. The average molecular weight is 418 g/mol. The van der Waals surface area contributed by atoms with Gasteiger partial charge in [0, 0.05) is 36.9 Å². The zero-order chi connectivity index (χ0) is 20.6. The van der Waals surface area contributed by atoms with Crippen molar-refractivity contribution in [2.45, 2.75) is 38.8 Å². The molecule has 8 heteroatoms. The lowest BCUT2D eigenvalue weighted by atomic mass is 10.1. The number of anilines is 1. The number of nitrogens with one attached hydrogen (secondary N) is 1. The van der Waals surface area contributed by atoms with E-state index in [4.69, 9.17) is 9.47 Å². The van der Waals surface area contributed by atoms with E-state index in [0.29, 0.717) is 19.8 Å². The summed E-state index contributed by atoms with van der Waals surface area (Å²) in [7, 11) is 1.40. The van der Waals surface area contributed by atoms with E-state index in [9.17, 15) is 9.59 Å². The fourth-order valence-corrected chi connectivity index (χ4v) is 4.07. The molecule has 0 aliphatic carbocycles. The third-order valence-corrected chi connectivity index (χ3v) is 5.78. The maximum Gasteiger partial charge on any atom is 0.319 e. The van der Waals surface area contributed by atoms with Gasteiger partial charge in [0.05, 0.1) is 25.8 Å². The van der Waals surface area contributed by atoms with E-state index in [-0.39, 0.29) is 30.9 Å². The van der Waals surface area contributed by atoms with Crippen LogP contribution in [0.15, 0.2) is 29.6 Å². The molecule has 0 bridgehead atoms. The minimum atomic E-state index is -0.260. The van der Waals surface area contributed by atoms with Crippen molar-refractivity contribution in [2.75, 3.05) is 32.2 Å². The van der Waals surface area contributed by atoms with Crippen molar-refractivity contribution in [3.8, 4) is 0 Å². The summed E-state index contributed by atoms with van der Waals surface area (Å²) in [5.41, 5.74) is 2.79. The van der Waals surface area contributed by atoms with Gasteiger partial charge >= 0.3 is 5.97 Å². The second-order valence-corrected chi connectivity index (χ2v) is 8.09. The van der Waals surface area contributed by atoms with Gasteiger partial charge in [0.15, 0.2) is 0 Å². The maximum atomic E-state index is 12.3. The molecule has 156 valence electrons. The molecule has 2 heterocycles. The van der Waals surface area contributed by atoms with Gasteiger partial charge in [-0.15, -0.1) is 11.3 Å². The molecule has 3 rings (SSSR count). The first-order valence-electron chi connectivity index (χ1n) is 9.72. The third kappa shape index (κ3) is 6.62. The van der Waals surface area contributed by atoms with Crippen LogP contribution in [0.5, 0.6) is 0 Å². The SMILES string of the molecule is COC(=O)CN(Cc1csc(CC(=O)Nc2ccc(C)cc2)n1)C1CCOCC1. The van der Waals surface area contributed by atoms with Crippen molar-refractivity contribution in [3.05, 3.63) is 45.9 Å². The van der Waals surface area contributed by atoms with Crippen LogP contribution in [0.1, 0.15) is 29.1 Å². The summed E-state index contributed by atoms with van der Waals surface area (Å²) in [5, 5.41) is 5.61. The summed E-state index contributed by atoms with van der Waals surface area (Å²) in [6.07, 6.45) is 1.99. The first-order chi connectivity index (χ1) is 14.0. The summed E-state index contributed by atoms with van der Waals surface area (Å²) < 4.78 is 10.3. The topological polar surface area (TPSA) is 80.8 Å². The number of hydrogen-bond acceptors (Lipinski definition) is 7. The van der Waals surface area contributed by atoms with Gasteiger partial charge < -0.3 is 14.8 Å². The Bertz CT molecular complexity index is 816. The van der Waals surface area contributed by atoms with E-state index in [1.54, 1.807) is 0 Å². The molecule has 29 heavy (non-hydrogen) atoms. The molecule has 0 unspecified atom stereocenters. The molecule has 2 aromatic rings. The van der Waals surface area contributed by atoms with Gasteiger partial charge in [0.1, 0.15) is 5.01 Å². The number of carbonyl (C=O) groups excluding carboxylic acids is 2. The van der Waals surface area contributed by atoms with Gasteiger partial charge in [-0.3, -0.25) is 14.5 Å². The van der Waals surface area contributed by atoms with Crippen LogP contribution in [-0.4, -0.2) is 54.7 Å². The van der Waals surface area contributed by atoms with Gasteiger partial charge in [-0.25, -0.2) is 4.98 Å². The fraction of sp³-hybridized carbons (Fsp3) is 0.476. The molecule has 1 saturated heterocycles. The second-order valence-electron chi connectivity index (χ2n) is 7.15. The normalized spacial score (nSPS) is 14.7. The molecule has 0 atom stereocenters. The van der Waals surface area contributed by atoms with Crippen molar-refractivity contribution in [2.24, 2.45) is 0 Å². The molecule has 0 spiro atoms. The number of thiazole rings is 1. The summed E-state index contributed by atoms with van der Waals surface area (Å²) in [4.78, 5) is 30.8. The number of amides is 1. The predicted octanol–water partition coefficient (Wildman–Crippen LogP) is 2.79. The number of rotatable bonds is 8. The molecule has 1 aliphatic rings. The first-order valence-corrected chi connectivity index (χ1v) is 10.6. The maximum absolute atomic E-state index is 12.3. The fourth-order valence-electron chi connectivity index (χ4n) is 3.29. The summed E-state index contributed by atoms with van der Waals surface area (Å²) in [5.74, 6) is -0.352. The Morgan fingerprint density at radius 1 is 1.28 bits per heavy atom.